The van der Waals surface area contributed by atoms with E-state index in [1.54, 1.807) is 69.8 Å². The summed E-state index contributed by atoms with van der Waals surface area (Å²) < 4.78 is 53.2. The van der Waals surface area contributed by atoms with Gasteiger partial charge in [-0.25, -0.2) is 4.79 Å². The number of amides is 2. The van der Waals surface area contributed by atoms with Crippen LogP contribution in [0.4, 0.5) is 16.3 Å². The number of carbonyl (C=O) groups excluding carboxylic acids is 1. The molecular formula is C22H21ClN4O9S. The van der Waals surface area contributed by atoms with Crippen LogP contribution in [0.2, 0.25) is 5.02 Å². The summed E-state index contributed by atoms with van der Waals surface area (Å²) in [6.45, 7) is 1.73. The Morgan fingerprint density at radius 2 is 1.68 bits per heavy atom. The van der Waals surface area contributed by atoms with Gasteiger partial charge < -0.3 is 24.1 Å². The highest BCUT2D eigenvalue weighted by Crippen LogP contribution is 2.37. The standard InChI is InChI=1S/C22H19ClN4O5.H2O4S/c1-12-8-21(27-32-12)26-22(28)25-16-5-4-13(9-15(16)23)31-18-6-7-24-17-11-20(30-3)19(29-2)10-14(17)18;1-5(2,3)4/h4-11H,1-3H3,(H2,25,26,27,28);(H2,1,2,3,4). The summed E-state index contributed by atoms with van der Waals surface area (Å²) in [6, 6.07) is 11.3. The number of hydrogen-bond acceptors (Lipinski definition) is 9. The Balaban J connectivity index is 0.000000695. The second kappa shape index (κ2) is 11.7. The van der Waals surface area contributed by atoms with Crippen LogP contribution < -0.4 is 24.8 Å². The maximum absolute atomic E-state index is 12.2. The van der Waals surface area contributed by atoms with E-state index in [0.29, 0.717) is 50.8 Å². The zero-order valence-electron chi connectivity index (χ0n) is 19.6. The first-order chi connectivity index (χ1) is 17.5. The summed E-state index contributed by atoms with van der Waals surface area (Å²) >= 11 is 6.35. The zero-order chi connectivity index (χ0) is 27.2. The molecule has 0 aliphatic rings. The predicted octanol–water partition coefficient (Wildman–Crippen LogP) is 4.99. The average Bonchev–Trinajstić information content (AvgIpc) is 3.23. The number of carbonyl (C=O) groups is 1. The number of halogens is 1. The van der Waals surface area contributed by atoms with E-state index in [-0.39, 0.29) is 0 Å². The molecule has 0 aliphatic carbocycles. The Kier molecular flexibility index (Phi) is 8.73. The summed E-state index contributed by atoms with van der Waals surface area (Å²) in [5.41, 5.74) is 1.09. The van der Waals surface area contributed by atoms with Crippen molar-refractivity contribution in [3.63, 3.8) is 0 Å². The number of rotatable bonds is 6. The molecule has 2 aromatic carbocycles. The predicted molar refractivity (Wildman–Crippen MR) is 134 cm³/mol. The first kappa shape index (κ1) is 27.5. The van der Waals surface area contributed by atoms with Gasteiger partial charge in [0.1, 0.15) is 17.3 Å². The lowest BCUT2D eigenvalue weighted by Crippen LogP contribution is -2.19. The van der Waals surface area contributed by atoms with Gasteiger partial charge >= 0.3 is 16.4 Å². The number of nitrogens with zero attached hydrogens (tertiary/aromatic N) is 2. The minimum atomic E-state index is -4.67. The van der Waals surface area contributed by atoms with E-state index in [0.717, 1.165) is 5.39 Å². The van der Waals surface area contributed by atoms with Crippen LogP contribution in [0.1, 0.15) is 5.76 Å². The van der Waals surface area contributed by atoms with Crippen molar-refractivity contribution in [1.29, 1.82) is 0 Å². The molecule has 0 fully saturated rings. The van der Waals surface area contributed by atoms with Gasteiger partial charge in [-0.15, -0.1) is 0 Å². The number of ether oxygens (including phenoxy) is 3. The number of nitrogens with one attached hydrogen (secondary N) is 2. The molecule has 4 rings (SSSR count). The summed E-state index contributed by atoms with van der Waals surface area (Å²) in [6.07, 6.45) is 1.64. The maximum Gasteiger partial charge on any atom is 0.394 e. The normalized spacial score (nSPS) is 10.8. The topological polar surface area (TPSA) is 182 Å². The fourth-order valence-corrected chi connectivity index (χ4v) is 3.24. The molecule has 0 radical (unpaired) electrons. The molecule has 0 bridgehead atoms. The van der Waals surface area contributed by atoms with Crippen molar-refractivity contribution in [1.82, 2.24) is 10.1 Å². The summed E-state index contributed by atoms with van der Waals surface area (Å²) in [5.74, 6) is 3.06. The van der Waals surface area contributed by atoms with Crippen LogP contribution >= 0.6 is 11.6 Å². The lowest BCUT2D eigenvalue weighted by Gasteiger charge is -2.13. The van der Waals surface area contributed by atoms with Gasteiger partial charge in [-0.05, 0) is 31.2 Å². The van der Waals surface area contributed by atoms with Gasteiger partial charge in [0, 0.05) is 29.8 Å². The van der Waals surface area contributed by atoms with Gasteiger partial charge in [0.25, 0.3) is 0 Å². The fraction of sp³-hybridized carbons (Fsp3) is 0.136. The number of urea groups is 1. The van der Waals surface area contributed by atoms with Crippen molar-refractivity contribution >= 4 is 50.4 Å². The van der Waals surface area contributed by atoms with Crippen LogP contribution in [-0.4, -0.2) is 47.9 Å². The number of aromatic nitrogens is 2. The van der Waals surface area contributed by atoms with E-state index in [1.165, 1.54) is 0 Å². The SMILES string of the molecule is COc1cc2nccc(Oc3ccc(NC(=O)Nc4cc(C)on4)c(Cl)c3)c2cc1OC.O=S(=O)(O)O. The van der Waals surface area contributed by atoms with Gasteiger partial charge in [-0.2, -0.15) is 8.42 Å². The van der Waals surface area contributed by atoms with Crippen LogP contribution in [-0.2, 0) is 10.4 Å². The van der Waals surface area contributed by atoms with E-state index in [2.05, 4.69) is 20.8 Å². The third-order valence-electron chi connectivity index (χ3n) is 4.49. The van der Waals surface area contributed by atoms with Gasteiger partial charge in [-0.3, -0.25) is 19.4 Å². The number of benzene rings is 2. The quantitative estimate of drug-likeness (QED) is 0.236. The molecule has 0 spiro atoms. The Hall–Kier alpha value is -4.11. The highest BCUT2D eigenvalue weighted by atomic mass is 35.5. The lowest BCUT2D eigenvalue weighted by atomic mass is 10.2. The molecule has 4 aromatic rings. The second-order valence-electron chi connectivity index (χ2n) is 7.13. The summed E-state index contributed by atoms with van der Waals surface area (Å²) in [5, 5.41) is 9.96. The van der Waals surface area contributed by atoms with Crippen LogP contribution in [0.25, 0.3) is 10.9 Å². The first-order valence-electron chi connectivity index (χ1n) is 10.2. The van der Waals surface area contributed by atoms with Crippen molar-refractivity contribution in [2.75, 3.05) is 24.9 Å². The highest BCUT2D eigenvalue weighted by molar-refractivity contribution is 7.79. The summed E-state index contributed by atoms with van der Waals surface area (Å²) in [4.78, 5) is 16.5. The molecule has 2 heterocycles. The van der Waals surface area contributed by atoms with Gasteiger partial charge in [0.15, 0.2) is 17.3 Å². The molecule has 15 heteroatoms. The Morgan fingerprint density at radius 1 is 1.00 bits per heavy atom. The molecule has 196 valence electrons. The van der Waals surface area contributed by atoms with E-state index in [9.17, 15) is 4.79 Å². The van der Waals surface area contributed by atoms with Crippen LogP contribution in [0.15, 0.2) is 53.2 Å². The Labute approximate surface area is 215 Å². The Morgan fingerprint density at radius 3 is 2.27 bits per heavy atom. The van der Waals surface area contributed by atoms with E-state index >= 15 is 0 Å². The molecule has 13 nitrogen and oxygen atoms in total. The Bertz CT molecular complexity index is 1520. The molecule has 0 unspecified atom stereocenters. The monoisotopic (exact) mass is 552 g/mol. The second-order valence-corrected chi connectivity index (χ2v) is 8.43. The fourth-order valence-electron chi connectivity index (χ4n) is 3.02. The number of aryl methyl sites for hydroxylation is 1. The minimum Gasteiger partial charge on any atom is -0.493 e. The molecule has 0 saturated carbocycles. The summed E-state index contributed by atoms with van der Waals surface area (Å²) in [7, 11) is -1.54. The van der Waals surface area contributed by atoms with Gasteiger partial charge in [0.2, 0.25) is 0 Å². The number of pyridine rings is 1. The molecule has 0 atom stereocenters. The number of fused-ring (bicyclic) bond motifs is 1. The van der Waals surface area contributed by atoms with Crippen LogP contribution in [0, 0.1) is 6.92 Å². The molecule has 0 saturated heterocycles. The highest BCUT2D eigenvalue weighted by Gasteiger charge is 2.13. The van der Waals surface area contributed by atoms with Gasteiger partial charge in [-0.1, -0.05) is 16.8 Å². The van der Waals surface area contributed by atoms with Crippen LogP contribution in [0.5, 0.6) is 23.0 Å². The third-order valence-corrected chi connectivity index (χ3v) is 4.81. The number of hydrogen-bond donors (Lipinski definition) is 4. The third kappa shape index (κ3) is 7.94. The number of methoxy groups -OCH3 is 2. The van der Waals surface area contributed by atoms with E-state index < -0.39 is 16.4 Å². The van der Waals surface area contributed by atoms with Crippen LogP contribution in [0.3, 0.4) is 0 Å². The molecular weight excluding hydrogens is 532 g/mol. The minimum absolute atomic E-state index is 0.298. The van der Waals surface area contributed by atoms with Gasteiger partial charge in [0.05, 0.1) is 30.4 Å². The molecule has 2 aromatic heterocycles. The van der Waals surface area contributed by atoms with Crippen molar-refractivity contribution in [3.05, 3.63) is 59.4 Å². The van der Waals surface area contributed by atoms with Crippen molar-refractivity contribution < 1.29 is 41.1 Å². The smallest absolute Gasteiger partial charge is 0.394 e. The molecule has 0 aliphatic heterocycles. The van der Waals surface area contributed by atoms with Crippen molar-refractivity contribution in [3.8, 4) is 23.0 Å². The largest absolute Gasteiger partial charge is 0.493 e. The first-order valence-corrected chi connectivity index (χ1v) is 11.9. The average molecular weight is 553 g/mol. The van der Waals surface area contributed by atoms with Crippen molar-refractivity contribution in [2.45, 2.75) is 6.92 Å². The van der Waals surface area contributed by atoms with E-state index in [4.69, 9.17) is 47.9 Å². The number of anilines is 2. The molecule has 4 N–H and O–H groups in total. The maximum atomic E-state index is 12.2. The molecule has 2 amide bonds. The lowest BCUT2D eigenvalue weighted by molar-refractivity contribution is 0.262. The van der Waals surface area contributed by atoms with E-state index in [1.807, 2.05) is 0 Å². The zero-order valence-corrected chi connectivity index (χ0v) is 21.1. The van der Waals surface area contributed by atoms with Crippen molar-refractivity contribution in [2.24, 2.45) is 0 Å². The molecule has 37 heavy (non-hydrogen) atoms.